The third kappa shape index (κ3) is 7.70. The van der Waals surface area contributed by atoms with Gasteiger partial charge in [0.25, 0.3) is 0 Å². The van der Waals surface area contributed by atoms with E-state index in [9.17, 15) is 13.2 Å². The maximum atomic E-state index is 12.3. The Bertz CT molecular complexity index is 447. The molecule has 2 saturated carbocycles. The van der Waals surface area contributed by atoms with Crippen LogP contribution in [0.5, 0.6) is 0 Å². The summed E-state index contributed by atoms with van der Waals surface area (Å²) in [5, 5.41) is 0. The molecule has 0 radical (unpaired) electrons. The lowest BCUT2D eigenvalue weighted by molar-refractivity contribution is -0.231. The molecule has 0 bridgehead atoms. The maximum Gasteiger partial charge on any atom is 0.389 e. The van der Waals surface area contributed by atoms with Gasteiger partial charge in [-0.3, -0.25) is 0 Å². The Labute approximate surface area is 174 Å². The van der Waals surface area contributed by atoms with Crippen LogP contribution in [0.3, 0.4) is 0 Å². The number of alkyl halides is 3. The Morgan fingerprint density at radius 1 is 0.828 bits per heavy atom. The maximum absolute atomic E-state index is 12.3. The van der Waals surface area contributed by atoms with Crippen molar-refractivity contribution in [3.05, 3.63) is 0 Å². The van der Waals surface area contributed by atoms with E-state index in [4.69, 9.17) is 14.2 Å². The SMILES string of the molecule is CCCOC1CCC(C2CCC(C3OCC(CCCC(F)(F)F)CO3)CC2)CC1. The molecular weight excluding hydrogens is 381 g/mol. The van der Waals surface area contributed by atoms with Gasteiger partial charge in [0.15, 0.2) is 6.29 Å². The van der Waals surface area contributed by atoms with E-state index in [1.54, 1.807) is 0 Å². The highest BCUT2D eigenvalue weighted by Gasteiger charge is 2.36. The lowest BCUT2D eigenvalue weighted by atomic mass is 9.70. The van der Waals surface area contributed by atoms with E-state index >= 15 is 0 Å². The molecular formula is C23H39F3O3. The van der Waals surface area contributed by atoms with Crippen molar-refractivity contribution in [2.24, 2.45) is 23.7 Å². The van der Waals surface area contributed by atoms with E-state index in [1.165, 1.54) is 38.5 Å². The molecule has 3 nitrogen and oxygen atoms in total. The topological polar surface area (TPSA) is 27.7 Å². The highest BCUT2D eigenvalue weighted by Crippen LogP contribution is 2.42. The minimum Gasteiger partial charge on any atom is -0.378 e. The van der Waals surface area contributed by atoms with E-state index in [-0.39, 0.29) is 18.6 Å². The van der Waals surface area contributed by atoms with Crippen LogP contribution in [-0.4, -0.2) is 38.4 Å². The smallest absolute Gasteiger partial charge is 0.378 e. The molecule has 29 heavy (non-hydrogen) atoms. The first kappa shape index (κ1) is 23.3. The van der Waals surface area contributed by atoms with Gasteiger partial charge < -0.3 is 14.2 Å². The summed E-state index contributed by atoms with van der Waals surface area (Å²) < 4.78 is 54.6. The summed E-state index contributed by atoms with van der Waals surface area (Å²) in [5.74, 6) is 2.24. The van der Waals surface area contributed by atoms with E-state index in [0.717, 1.165) is 37.7 Å². The minimum absolute atomic E-state index is 0.107. The molecule has 0 amide bonds. The van der Waals surface area contributed by atoms with Crippen LogP contribution in [0.25, 0.3) is 0 Å². The largest absolute Gasteiger partial charge is 0.389 e. The predicted molar refractivity (Wildman–Crippen MR) is 107 cm³/mol. The Morgan fingerprint density at radius 3 is 1.93 bits per heavy atom. The van der Waals surface area contributed by atoms with Crippen LogP contribution in [-0.2, 0) is 14.2 Å². The summed E-state index contributed by atoms with van der Waals surface area (Å²) in [6.45, 7) is 4.15. The molecule has 3 fully saturated rings. The summed E-state index contributed by atoms with van der Waals surface area (Å²) in [7, 11) is 0. The van der Waals surface area contributed by atoms with Gasteiger partial charge in [-0.2, -0.15) is 13.2 Å². The van der Waals surface area contributed by atoms with Gasteiger partial charge in [-0.25, -0.2) is 0 Å². The van der Waals surface area contributed by atoms with E-state index < -0.39 is 12.6 Å². The molecule has 1 aliphatic heterocycles. The first-order chi connectivity index (χ1) is 13.9. The van der Waals surface area contributed by atoms with Gasteiger partial charge in [-0.15, -0.1) is 0 Å². The van der Waals surface area contributed by atoms with Gasteiger partial charge in [-0.05, 0) is 82.5 Å². The zero-order valence-corrected chi connectivity index (χ0v) is 17.9. The first-order valence-corrected chi connectivity index (χ1v) is 11.9. The fourth-order valence-corrected chi connectivity index (χ4v) is 5.49. The fraction of sp³-hybridized carbons (Fsp3) is 1.00. The lowest BCUT2D eigenvalue weighted by Crippen LogP contribution is -2.39. The first-order valence-electron chi connectivity index (χ1n) is 11.9. The number of hydrogen-bond donors (Lipinski definition) is 0. The van der Waals surface area contributed by atoms with Crippen molar-refractivity contribution in [3.8, 4) is 0 Å². The minimum atomic E-state index is -4.06. The fourth-order valence-electron chi connectivity index (χ4n) is 5.49. The Hall–Kier alpha value is -0.330. The number of hydrogen-bond acceptors (Lipinski definition) is 3. The molecule has 6 heteroatoms. The second-order valence-electron chi connectivity index (χ2n) is 9.49. The third-order valence-corrected chi connectivity index (χ3v) is 7.21. The molecule has 0 spiro atoms. The van der Waals surface area contributed by atoms with Crippen molar-refractivity contribution in [2.45, 2.75) is 103 Å². The Balaban J connectivity index is 1.29. The van der Waals surface area contributed by atoms with Crippen molar-refractivity contribution in [3.63, 3.8) is 0 Å². The van der Waals surface area contributed by atoms with Crippen LogP contribution in [0.2, 0.25) is 0 Å². The van der Waals surface area contributed by atoms with E-state index in [2.05, 4.69) is 6.92 Å². The Kier molecular flexibility index (Phi) is 9.12. The van der Waals surface area contributed by atoms with E-state index in [1.807, 2.05) is 0 Å². The van der Waals surface area contributed by atoms with Gasteiger partial charge in [0.05, 0.1) is 19.3 Å². The number of rotatable bonds is 8. The van der Waals surface area contributed by atoms with Gasteiger partial charge in [0.2, 0.25) is 0 Å². The molecule has 0 N–H and O–H groups in total. The molecule has 0 unspecified atom stereocenters. The number of halogens is 3. The zero-order valence-electron chi connectivity index (χ0n) is 17.9. The molecule has 1 heterocycles. The summed E-state index contributed by atoms with van der Waals surface area (Å²) in [6, 6.07) is 0. The zero-order chi connectivity index (χ0) is 20.7. The molecule has 0 aromatic carbocycles. The van der Waals surface area contributed by atoms with Crippen LogP contribution < -0.4 is 0 Å². The summed E-state index contributed by atoms with van der Waals surface area (Å²) in [6.07, 6.45) is 7.24. The normalized spacial score (nSPS) is 36.8. The van der Waals surface area contributed by atoms with Gasteiger partial charge in [-0.1, -0.05) is 6.92 Å². The summed E-state index contributed by atoms with van der Waals surface area (Å²) in [4.78, 5) is 0. The van der Waals surface area contributed by atoms with Crippen LogP contribution >= 0.6 is 0 Å². The van der Waals surface area contributed by atoms with Gasteiger partial charge in [0.1, 0.15) is 0 Å². The van der Waals surface area contributed by atoms with Crippen molar-refractivity contribution >= 4 is 0 Å². The highest BCUT2D eigenvalue weighted by atomic mass is 19.4. The van der Waals surface area contributed by atoms with Crippen LogP contribution in [0, 0.1) is 23.7 Å². The second-order valence-corrected chi connectivity index (χ2v) is 9.49. The average molecular weight is 421 g/mol. The molecule has 2 aliphatic carbocycles. The van der Waals surface area contributed by atoms with Crippen LogP contribution in [0.4, 0.5) is 13.2 Å². The van der Waals surface area contributed by atoms with Crippen molar-refractivity contribution in [1.82, 2.24) is 0 Å². The van der Waals surface area contributed by atoms with Crippen LogP contribution in [0.15, 0.2) is 0 Å². The molecule has 3 rings (SSSR count). The standard InChI is InChI=1S/C23H39F3O3/c1-2-14-27-21-11-9-19(10-12-21)18-5-7-20(8-6-18)22-28-15-17(16-29-22)4-3-13-23(24,25)26/h17-22H,2-16H2,1H3. The van der Waals surface area contributed by atoms with Crippen molar-refractivity contribution < 1.29 is 27.4 Å². The summed E-state index contributed by atoms with van der Waals surface area (Å²) >= 11 is 0. The van der Waals surface area contributed by atoms with Gasteiger partial charge in [0, 0.05) is 24.9 Å². The predicted octanol–water partition coefficient (Wildman–Crippen LogP) is 6.50. The highest BCUT2D eigenvalue weighted by molar-refractivity contribution is 4.84. The Morgan fingerprint density at radius 2 is 1.38 bits per heavy atom. The molecule has 0 aromatic heterocycles. The van der Waals surface area contributed by atoms with Crippen molar-refractivity contribution in [2.75, 3.05) is 19.8 Å². The summed E-state index contributed by atoms with van der Waals surface area (Å²) in [5.41, 5.74) is 0. The van der Waals surface area contributed by atoms with Gasteiger partial charge >= 0.3 is 6.18 Å². The quantitative estimate of drug-likeness (QED) is 0.449. The van der Waals surface area contributed by atoms with E-state index in [0.29, 0.717) is 31.7 Å². The second kappa shape index (κ2) is 11.3. The van der Waals surface area contributed by atoms with Crippen LogP contribution in [0.1, 0.15) is 84.0 Å². The average Bonchev–Trinajstić information content (AvgIpc) is 2.72. The molecule has 0 atom stereocenters. The lowest BCUT2D eigenvalue weighted by Gasteiger charge is -2.41. The number of ether oxygens (including phenoxy) is 3. The monoisotopic (exact) mass is 420 g/mol. The molecule has 0 aromatic rings. The molecule has 3 aliphatic rings. The van der Waals surface area contributed by atoms with Crippen molar-refractivity contribution in [1.29, 1.82) is 0 Å². The molecule has 170 valence electrons. The molecule has 1 saturated heterocycles. The third-order valence-electron chi connectivity index (χ3n) is 7.21.